The van der Waals surface area contributed by atoms with Crippen molar-refractivity contribution in [3.63, 3.8) is 0 Å². The molecule has 1 aromatic rings. The van der Waals surface area contributed by atoms with E-state index in [1.807, 2.05) is 20.8 Å². The third-order valence-corrected chi connectivity index (χ3v) is 5.39. The van der Waals surface area contributed by atoms with Gasteiger partial charge in [0, 0.05) is 25.2 Å². The molecule has 0 aromatic carbocycles. The number of furan rings is 1. The second-order valence-electron chi connectivity index (χ2n) is 5.19. The Morgan fingerprint density at radius 3 is 2.38 bits per heavy atom. The molecule has 0 atom stereocenters. The molecule has 21 heavy (non-hydrogen) atoms. The summed E-state index contributed by atoms with van der Waals surface area (Å²) in [7, 11) is -3.58. The highest BCUT2D eigenvalue weighted by atomic mass is 32.2. The fourth-order valence-electron chi connectivity index (χ4n) is 2.30. The summed E-state index contributed by atoms with van der Waals surface area (Å²) >= 11 is 0. The van der Waals surface area contributed by atoms with E-state index in [0.29, 0.717) is 36.1 Å². The third-order valence-electron chi connectivity index (χ3n) is 3.27. The summed E-state index contributed by atoms with van der Waals surface area (Å²) in [4.78, 5) is 0.295. The second kappa shape index (κ2) is 7.24. The monoisotopic (exact) mass is 314 g/mol. The van der Waals surface area contributed by atoms with Gasteiger partial charge in [-0.15, -0.1) is 0 Å². The third kappa shape index (κ3) is 3.96. The average molecular weight is 314 g/mol. The van der Waals surface area contributed by atoms with Crippen LogP contribution < -0.4 is 5.32 Å². The molecule has 1 heterocycles. The molecule has 120 valence electrons. The van der Waals surface area contributed by atoms with E-state index in [4.69, 9.17) is 4.42 Å². The predicted octanol–water partition coefficient (Wildman–Crippen LogP) is 2.59. The van der Waals surface area contributed by atoms with Crippen LogP contribution in [0.1, 0.15) is 37.9 Å². The topological polar surface area (TPSA) is 62.6 Å². The van der Waals surface area contributed by atoms with Crippen LogP contribution in [0, 0.1) is 13.8 Å². The van der Waals surface area contributed by atoms with Crippen molar-refractivity contribution in [3.05, 3.63) is 29.2 Å². The summed E-state index contributed by atoms with van der Waals surface area (Å²) in [5.41, 5.74) is 1.53. The molecule has 0 aliphatic heterocycles. The van der Waals surface area contributed by atoms with Gasteiger partial charge in [-0.25, -0.2) is 8.42 Å². The number of aryl methyl sites for hydroxylation is 2. The molecule has 5 nitrogen and oxygen atoms in total. The van der Waals surface area contributed by atoms with Gasteiger partial charge in [0.1, 0.15) is 16.4 Å². The van der Waals surface area contributed by atoms with Gasteiger partial charge < -0.3 is 9.73 Å². The summed E-state index contributed by atoms with van der Waals surface area (Å²) in [5.74, 6) is 1.10. The van der Waals surface area contributed by atoms with Crippen LogP contribution in [0.5, 0.6) is 0 Å². The van der Waals surface area contributed by atoms with Crippen molar-refractivity contribution in [2.24, 2.45) is 0 Å². The Bertz CT molecular complexity index is 603. The summed E-state index contributed by atoms with van der Waals surface area (Å²) < 4.78 is 32.8. The maximum absolute atomic E-state index is 12.9. The SMILES string of the molecule is C=C(C)CN(CC)S(=O)(=O)c1c(C)oc(C)c1CNCC. The van der Waals surface area contributed by atoms with Crippen molar-refractivity contribution in [2.45, 2.75) is 46.1 Å². The van der Waals surface area contributed by atoms with Crippen molar-refractivity contribution in [3.8, 4) is 0 Å². The summed E-state index contributed by atoms with van der Waals surface area (Å²) in [6.07, 6.45) is 0. The Balaban J connectivity index is 3.32. The van der Waals surface area contributed by atoms with Gasteiger partial charge in [-0.1, -0.05) is 26.0 Å². The molecule has 0 unspecified atom stereocenters. The van der Waals surface area contributed by atoms with E-state index in [1.165, 1.54) is 4.31 Å². The predicted molar refractivity (Wildman–Crippen MR) is 84.8 cm³/mol. The molecule has 0 amide bonds. The zero-order valence-electron chi connectivity index (χ0n) is 13.6. The molecule has 0 saturated heterocycles. The van der Waals surface area contributed by atoms with Gasteiger partial charge in [0.2, 0.25) is 10.0 Å². The van der Waals surface area contributed by atoms with Gasteiger partial charge in [0.15, 0.2) is 0 Å². The number of nitrogens with one attached hydrogen (secondary N) is 1. The van der Waals surface area contributed by atoms with Crippen molar-refractivity contribution in [1.82, 2.24) is 9.62 Å². The zero-order chi connectivity index (χ0) is 16.2. The Kier molecular flexibility index (Phi) is 6.19. The Morgan fingerprint density at radius 2 is 1.90 bits per heavy atom. The molecule has 0 aliphatic rings. The van der Waals surface area contributed by atoms with Crippen LogP contribution in [-0.2, 0) is 16.6 Å². The van der Waals surface area contributed by atoms with E-state index in [1.54, 1.807) is 13.8 Å². The first-order chi connectivity index (χ1) is 9.75. The van der Waals surface area contributed by atoms with Gasteiger partial charge in [0.05, 0.1) is 0 Å². The van der Waals surface area contributed by atoms with Crippen molar-refractivity contribution in [1.29, 1.82) is 0 Å². The van der Waals surface area contributed by atoms with Crippen LogP contribution in [0.3, 0.4) is 0 Å². The first kappa shape index (κ1) is 17.9. The molecule has 0 fully saturated rings. The standard InChI is InChI=1S/C15H26N2O3S/c1-7-16-9-14-12(5)20-13(6)15(14)21(18,19)17(8-2)10-11(3)4/h16H,3,7-10H2,1-2,4-6H3. The molecular weight excluding hydrogens is 288 g/mol. The first-order valence-corrected chi connectivity index (χ1v) is 8.63. The van der Waals surface area contributed by atoms with Gasteiger partial charge in [-0.2, -0.15) is 4.31 Å². The highest BCUT2D eigenvalue weighted by Crippen LogP contribution is 2.29. The molecule has 0 spiro atoms. The van der Waals surface area contributed by atoms with Crippen molar-refractivity contribution in [2.75, 3.05) is 19.6 Å². The van der Waals surface area contributed by atoms with Gasteiger partial charge in [-0.3, -0.25) is 0 Å². The van der Waals surface area contributed by atoms with Crippen LogP contribution >= 0.6 is 0 Å². The Morgan fingerprint density at radius 1 is 1.29 bits per heavy atom. The maximum Gasteiger partial charge on any atom is 0.247 e. The van der Waals surface area contributed by atoms with E-state index in [0.717, 1.165) is 17.7 Å². The Hall–Kier alpha value is -1.11. The van der Waals surface area contributed by atoms with Crippen LogP contribution in [-0.4, -0.2) is 32.4 Å². The number of hydrogen-bond acceptors (Lipinski definition) is 4. The first-order valence-electron chi connectivity index (χ1n) is 7.19. The molecule has 1 rings (SSSR count). The lowest BCUT2D eigenvalue weighted by Crippen LogP contribution is -2.33. The fourth-order valence-corrected chi connectivity index (χ4v) is 4.22. The minimum absolute atomic E-state index is 0.295. The molecule has 0 radical (unpaired) electrons. The zero-order valence-corrected chi connectivity index (χ0v) is 14.4. The molecule has 1 aromatic heterocycles. The Labute approximate surface area is 128 Å². The lowest BCUT2D eigenvalue weighted by atomic mass is 10.2. The van der Waals surface area contributed by atoms with Crippen LogP contribution in [0.2, 0.25) is 0 Å². The van der Waals surface area contributed by atoms with E-state index >= 15 is 0 Å². The van der Waals surface area contributed by atoms with E-state index < -0.39 is 10.0 Å². The minimum Gasteiger partial charge on any atom is -0.465 e. The number of hydrogen-bond donors (Lipinski definition) is 1. The molecule has 0 bridgehead atoms. The highest BCUT2D eigenvalue weighted by Gasteiger charge is 2.31. The number of nitrogens with zero attached hydrogens (tertiary/aromatic N) is 1. The molecular formula is C15H26N2O3S. The quantitative estimate of drug-likeness (QED) is 0.749. The summed E-state index contributed by atoms with van der Waals surface area (Å²) in [6, 6.07) is 0. The molecule has 0 aliphatic carbocycles. The normalized spacial score (nSPS) is 12.1. The second-order valence-corrected chi connectivity index (χ2v) is 7.07. The van der Waals surface area contributed by atoms with E-state index in [9.17, 15) is 8.42 Å². The number of sulfonamides is 1. The van der Waals surface area contributed by atoms with Crippen LogP contribution in [0.15, 0.2) is 21.5 Å². The van der Waals surface area contributed by atoms with Crippen molar-refractivity contribution >= 4 is 10.0 Å². The number of likely N-dealkylation sites (N-methyl/N-ethyl adjacent to an activating group) is 1. The van der Waals surface area contributed by atoms with Crippen molar-refractivity contribution < 1.29 is 12.8 Å². The van der Waals surface area contributed by atoms with Gasteiger partial charge in [-0.05, 0) is 27.3 Å². The molecule has 6 heteroatoms. The van der Waals surface area contributed by atoms with E-state index in [-0.39, 0.29) is 0 Å². The van der Waals surface area contributed by atoms with Gasteiger partial charge in [0.25, 0.3) is 0 Å². The lowest BCUT2D eigenvalue weighted by Gasteiger charge is -2.21. The van der Waals surface area contributed by atoms with Crippen LogP contribution in [0.25, 0.3) is 0 Å². The highest BCUT2D eigenvalue weighted by molar-refractivity contribution is 7.89. The lowest BCUT2D eigenvalue weighted by molar-refractivity contribution is 0.447. The fraction of sp³-hybridized carbons (Fsp3) is 0.600. The summed E-state index contributed by atoms with van der Waals surface area (Å²) in [5, 5.41) is 3.17. The van der Waals surface area contributed by atoms with E-state index in [2.05, 4.69) is 11.9 Å². The minimum atomic E-state index is -3.58. The number of rotatable bonds is 8. The van der Waals surface area contributed by atoms with Crippen LogP contribution in [0.4, 0.5) is 0 Å². The average Bonchev–Trinajstić information content (AvgIpc) is 2.67. The maximum atomic E-state index is 12.9. The smallest absolute Gasteiger partial charge is 0.247 e. The summed E-state index contributed by atoms with van der Waals surface area (Å²) in [6.45, 7) is 14.9. The largest absolute Gasteiger partial charge is 0.465 e. The molecule has 0 saturated carbocycles. The molecule has 1 N–H and O–H groups in total. The van der Waals surface area contributed by atoms with Gasteiger partial charge >= 0.3 is 0 Å².